The molecular formula is C12H8N2O5. The third-order valence-corrected chi connectivity index (χ3v) is 2.67. The molecule has 0 amide bonds. The molecule has 3 aromatic rings. The summed E-state index contributed by atoms with van der Waals surface area (Å²) in [6.07, 6.45) is 0. The number of rotatable bonds is 3. The van der Waals surface area contributed by atoms with Gasteiger partial charge >= 0.3 is 11.7 Å². The van der Waals surface area contributed by atoms with E-state index in [1.165, 1.54) is 10.6 Å². The Bertz CT molecular complexity index is 811. The molecule has 0 saturated carbocycles. The van der Waals surface area contributed by atoms with E-state index in [2.05, 4.69) is 5.16 Å². The summed E-state index contributed by atoms with van der Waals surface area (Å²) in [6, 6.07) is 8.21. The quantitative estimate of drug-likeness (QED) is 0.762. The van der Waals surface area contributed by atoms with Crippen molar-refractivity contribution in [1.29, 1.82) is 0 Å². The summed E-state index contributed by atoms with van der Waals surface area (Å²) in [6.45, 7) is 0.0656. The fourth-order valence-corrected chi connectivity index (χ4v) is 1.81. The van der Waals surface area contributed by atoms with Crippen LogP contribution in [-0.4, -0.2) is 20.8 Å². The number of benzene rings is 1. The minimum atomic E-state index is -1.18. The molecule has 0 spiro atoms. The number of hydrogen-bond donors (Lipinski definition) is 1. The molecule has 7 heteroatoms. The van der Waals surface area contributed by atoms with Gasteiger partial charge < -0.3 is 14.0 Å². The lowest BCUT2D eigenvalue weighted by molar-refractivity contribution is 0.0685. The van der Waals surface area contributed by atoms with Gasteiger partial charge in [0.1, 0.15) is 0 Å². The predicted molar refractivity (Wildman–Crippen MR) is 63.0 cm³/mol. The van der Waals surface area contributed by atoms with Crippen LogP contribution < -0.4 is 5.76 Å². The highest BCUT2D eigenvalue weighted by Crippen LogP contribution is 2.14. The second-order valence-electron chi connectivity index (χ2n) is 3.91. The van der Waals surface area contributed by atoms with E-state index in [1.807, 2.05) is 0 Å². The van der Waals surface area contributed by atoms with E-state index in [9.17, 15) is 9.59 Å². The summed E-state index contributed by atoms with van der Waals surface area (Å²) in [5.41, 5.74) is 0.877. The molecule has 0 bridgehead atoms. The number of nitrogens with zero attached hydrogens (tertiary/aromatic N) is 2. The van der Waals surface area contributed by atoms with Gasteiger partial charge in [-0.25, -0.2) is 9.59 Å². The van der Waals surface area contributed by atoms with E-state index in [0.29, 0.717) is 11.1 Å². The molecule has 2 heterocycles. The first-order chi connectivity index (χ1) is 9.15. The van der Waals surface area contributed by atoms with Crippen LogP contribution in [0.25, 0.3) is 11.1 Å². The van der Waals surface area contributed by atoms with Gasteiger partial charge in [0.2, 0.25) is 0 Å². The van der Waals surface area contributed by atoms with E-state index >= 15 is 0 Å². The molecule has 0 aliphatic rings. The van der Waals surface area contributed by atoms with E-state index in [4.69, 9.17) is 14.0 Å². The molecule has 96 valence electrons. The summed E-state index contributed by atoms with van der Waals surface area (Å²) in [5.74, 6) is -1.44. The number of aromatic nitrogens is 2. The van der Waals surface area contributed by atoms with Gasteiger partial charge in [-0.3, -0.25) is 4.57 Å². The number of fused-ring (bicyclic) bond motifs is 1. The van der Waals surface area contributed by atoms with Crippen molar-refractivity contribution in [2.45, 2.75) is 6.54 Å². The first kappa shape index (κ1) is 11.3. The van der Waals surface area contributed by atoms with Crippen LogP contribution in [0, 0.1) is 0 Å². The van der Waals surface area contributed by atoms with Crippen molar-refractivity contribution >= 4 is 17.1 Å². The van der Waals surface area contributed by atoms with Gasteiger partial charge in [0, 0.05) is 6.07 Å². The molecule has 1 aromatic carbocycles. The fourth-order valence-electron chi connectivity index (χ4n) is 1.81. The summed E-state index contributed by atoms with van der Waals surface area (Å²) >= 11 is 0. The molecule has 0 radical (unpaired) electrons. The third kappa shape index (κ3) is 1.90. The van der Waals surface area contributed by atoms with Crippen molar-refractivity contribution in [3.8, 4) is 0 Å². The smallest absolute Gasteiger partial charge is 0.420 e. The van der Waals surface area contributed by atoms with Gasteiger partial charge in [0.25, 0.3) is 0 Å². The predicted octanol–water partition coefficient (Wildman–Crippen LogP) is 1.33. The Kier molecular flexibility index (Phi) is 2.45. The van der Waals surface area contributed by atoms with Crippen molar-refractivity contribution in [1.82, 2.24) is 9.72 Å². The van der Waals surface area contributed by atoms with Crippen LogP contribution in [0.3, 0.4) is 0 Å². The zero-order valence-corrected chi connectivity index (χ0v) is 9.57. The van der Waals surface area contributed by atoms with E-state index < -0.39 is 11.7 Å². The minimum absolute atomic E-state index is 0.0656. The monoisotopic (exact) mass is 260 g/mol. The average Bonchev–Trinajstić information content (AvgIpc) is 2.96. The third-order valence-electron chi connectivity index (χ3n) is 2.67. The zero-order valence-electron chi connectivity index (χ0n) is 9.57. The van der Waals surface area contributed by atoms with Crippen molar-refractivity contribution in [3.63, 3.8) is 0 Å². The Morgan fingerprint density at radius 1 is 1.37 bits per heavy atom. The molecule has 0 unspecified atom stereocenters. The molecular weight excluding hydrogens is 252 g/mol. The SMILES string of the molecule is O=C(O)c1cc(Cn2c(=O)oc3ccccc32)on1. The summed E-state index contributed by atoms with van der Waals surface area (Å²) < 4.78 is 11.3. The lowest BCUT2D eigenvalue weighted by Gasteiger charge is -1.96. The van der Waals surface area contributed by atoms with E-state index in [-0.39, 0.29) is 18.0 Å². The minimum Gasteiger partial charge on any atom is -0.476 e. The van der Waals surface area contributed by atoms with Gasteiger partial charge in [-0.1, -0.05) is 17.3 Å². The Hall–Kier alpha value is -2.83. The lowest BCUT2D eigenvalue weighted by Crippen LogP contribution is -2.14. The number of carboxylic acid groups (broad SMARTS) is 1. The standard InChI is InChI=1S/C12H8N2O5/c15-11(16)8-5-7(19-13-8)6-14-9-3-1-2-4-10(9)18-12(14)17/h1-5H,6H2,(H,15,16). The van der Waals surface area contributed by atoms with Crippen molar-refractivity contribution in [2.24, 2.45) is 0 Å². The van der Waals surface area contributed by atoms with Gasteiger partial charge in [-0.05, 0) is 12.1 Å². The molecule has 7 nitrogen and oxygen atoms in total. The Morgan fingerprint density at radius 3 is 2.89 bits per heavy atom. The number of carboxylic acids is 1. The molecule has 0 aliphatic heterocycles. The second kappa shape index (κ2) is 4.13. The highest BCUT2D eigenvalue weighted by Gasteiger charge is 2.14. The van der Waals surface area contributed by atoms with Crippen molar-refractivity contribution in [2.75, 3.05) is 0 Å². The fraction of sp³-hybridized carbons (Fsp3) is 0.0833. The highest BCUT2D eigenvalue weighted by atomic mass is 16.5. The highest BCUT2D eigenvalue weighted by molar-refractivity contribution is 5.85. The zero-order chi connectivity index (χ0) is 13.4. The maximum atomic E-state index is 11.7. The van der Waals surface area contributed by atoms with Crippen molar-refractivity contribution < 1.29 is 18.8 Å². The molecule has 3 rings (SSSR count). The number of oxazole rings is 1. The number of para-hydroxylation sites is 2. The lowest BCUT2D eigenvalue weighted by atomic mass is 10.3. The summed E-state index contributed by atoms with van der Waals surface area (Å²) in [4.78, 5) is 22.4. The topological polar surface area (TPSA) is 98.5 Å². The second-order valence-corrected chi connectivity index (χ2v) is 3.91. The Balaban J connectivity index is 2.03. The van der Waals surface area contributed by atoms with Crippen LogP contribution in [0.1, 0.15) is 16.2 Å². The van der Waals surface area contributed by atoms with Crippen LogP contribution in [0.5, 0.6) is 0 Å². The summed E-state index contributed by atoms with van der Waals surface area (Å²) in [7, 11) is 0. The Morgan fingerprint density at radius 2 is 2.16 bits per heavy atom. The molecule has 19 heavy (non-hydrogen) atoms. The number of carbonyl (C=O) groups is 1. The van der Waals surface area contributed by atoms with Crippen LogP contribution >= 0.6 is 0 Å². The van der Waals surface area contributed by atoms with E-state index in [0.717, 1.165) is 0 Å². The maximum absolute atomic E-state index is 11.7. The Labute approximate surface area is 105 Å². The van der Waals surface area contributed by atoms with Gasteiger partial charge in [-0.2, -0.15) is 0 Å². The van der Waals surface area contributed by atoms with Crippen LogP contribution in [-0.2, 0) is 6.54 Å². The molecule has 0 atom stereocenters. The van der Waals surface area contributed by atoms with Gasteiger partial charge in [0.05, 0.1) is 12.1 Å². The van der Waals surface area contributed by atoms with Crippen LogP contribution in [0.15, 0.2) is 44.1 Å². The van der Waals surface area contributed by atoms with Gasteiger partial charge in [0.15, 0.2) is 17.0 Å². The molecule has 0 fully saturated rings. The molecule has 0 saturated heterocycles. The molecule has 0 aliphatic carbocycles. The largest absolute Gasteiger partial charge is 0.476 e. The molecule has 1 N–H and O–H groups in total. The molecule has 2 aromatic heterocycles. The van der Waals surface area contributed by atoms with E-state index in [1.54, 1.807) is 24.3 Å². The first-order valence-electron chi connectivity index (χ1n) is 5.42. The number of hydrogen-bond acceptors (Lipinski definition) is 5. The summed E-state index contributed by atoms with van der Waals surface area (Å²) in [5, 5.41) is 12.1. The van der Waals surface area contributed by atoms with Crippen LogP contribution in [0.2, 0.25) is 0 Å². The average molecular weight is 260 g/mol. The normalized spacial score (nSPS) is 10.9. The maximum Gasteiger partial charge on any atom is 0.420 e. The van der Waals surface area contributed by atoms with Crippen molar-refractivity contribution in [3.05, 3.63) is 52.3 Å². The van der Waals surface area contributed by atoms with Gasteiger partial charge in [-0.15, -0.1) is 0 Å². The van der Waals surface area contributed by atoms with Crippen LogP contribution in [0.4, 0.5) is 0 Å². The number of aromatic carboxylic acids is 1. The first-order valence-corrected chi connectivity index (χ1v) is 5.42.